The van der Waals surface area contributed by atoms with Crippen molar-refractivity contribution in [3.8, 4) is 5.75 Å². The highest BCUT2D eigenvalue weighted by Crippen LogP contribution is 2.23. The molecular formula is C14H17N3O3S. The number of nitrogens with one attached hydrogen (secondary N) is 2. The van der Waals surface area contributed by atoms with Crippen LogP contribution in [0.5, 0.6) is 5.75 Å². The summed E-state index contributed by atoms with van der Waals surface area (Å²) in [5, 5.41) is 2.76. The monoisotopic (exact) mass is 307 g/mol. The molecule has 1 heterocycles. The molecule has 0 atom stereocenters. The largest absolute Gasteiger partial charge is 0.494 e. The van der Waals surface area contributed by atoms with Crippen molar-refractivity contribution < 1.29 is 13.2 Å². The van der Waals surface area contributed by atoms with E-state index in [1.54, 1.807) is 37.4 Å². The van der Waals surface area contributed by atoms with Crippen molar-refractivity contribution in [3.63, 3.8) is 0 Å². The maximum absolute atomic E-state index is 12.4. The summed E-state index contributed by atoms with van der Waals surface area (Å²) in [6.45, 7) is 2.38. The fourth-order valence-corrected chi connectivity index (χ4v) is 3.04. The number of pyridine rings is 1. The van der Waals surface area contributed by atoms with E-state index >= 15 is 0 Å². The standard InChI is InChI=1S/C14H17N3O3S/c1-3-20-12-7-4-6-11(10-12)17-21(18,19)13-8-5-9-16-14(13)15-2/h4-10,17H,3H2,1-2H3,(H,15,16). The minimum atomic E-state index is -3.72. The van der Waals surface area contributed by atoms with Crippen molar-refractivity contribution in [3.05, 3.63) is 42.6 Å². The van der Waals surface area contributed by atoms with Gasteiger partial charge >= 0.3 is 0 Å². The van der Waals surface area contributed by atoms with E-state index in [-0.39, 0.29) is 4.90 Å². The minimum absolute atomic E-state index is 0.0920. The van der Waals surface area contributed by atoms with E-state index in [0.29, 0.717) is 23.9 Å². The molecule has 2 rings (SSSR count). The highest BCUT2D eigenvalue weighted by molar-refractivity contribution is 7.92. The minimum Gasteiger partial charge on any atom is -0.494 e. The summed E-state index contributed by atoms with van der Waals surface area (Å²) in [7, 11) is -2.10. The van der Waals surface area contributed by atoms with Crippen molar-refractivity contribution in [2.75, 3.05) is 23.7 Å². The molecule has 2 aromatic rings. The van der Waals surface area contributed by atoms with E-state index in [1.807, 2.05) is 6.92 Å². The van der Waals surface area contributed by atoms with Gasteiger partial charge in [-0.25, -0.2) is 13.4 Å². The molecule has 0 saturated heterocycles. The summed E-state index contributed by atoms with van der Waals surface area (Å²) in [6, 6.07) is 9.86. The number of hydrogen-bond donors (Lipinski definition) is 2. The molecule has 0 unspecified atom stereocenters. The van der Waals surface area contributed by atoms with Gasteiger partial charge in [0.1, 0.15) is 16.5 Å². The SMILES string of the molecule is CCOc1cccc(NS(=O)(=O)c2cccnc2NC)c1. The van der Waals surface area contributed by atoms with Crippen LogP contribution in [-0.4, -0.2) is 27.1 Å². The third-order valence-electron chi connectivity index (χ3n) is 2.69. The number of ether oxygens (including phenoxy) is 1. The second-order valence-electron chi connectivity index (χ2n) is 4.17. The van der Waals surface area contributed by atoms with Crippen molar-refractivity contribution in [2.45, 2.75) is 11.8 Å². The highest BCUT2D eigenvalue weighted by atomic mass is 32.2. The number of anilines is 2. The Bertz CT molecular complexity index is 717. The molecule has 1 aromatic heterocycles. The van der Waals surface area contributed by atoms with Crippen LogP contribution in [0.25, 0.3) is 0 Å². The molecule has 112 valence electrons. The normalized spacial score (nSPS) is 11.0. The molecule has 6 nitrogen and oxygen atoms in total. The van der Waals surface area contributed by atoms with Gasteiger partial charge in [-0.3, -0.25) is 4.72 Å². The van der Waals surface area contributed by atoms with E-state index in [1.165, 1.54) is 12.3 Å². The maximum atomic E-state index is 12.4. The number of rotatable bonds is 6. The molecule has 0 aliphatic heterocycles. The molecule has 1 aromatic carbocycles. The van der Waals surface area contributed by atoms with Gasteiger partial charge in [0.05, 0.1) is 12.3 Å². The van der Waals surface area contributed by atoms with E-state index in [4.69, 9.17) is 4.74 Å². The fraction of sp³-hybridized carbons (Fsp3) is 0.214. The average Bonchev–Trinajstić information content (AvgIpc) is 2.47. The lowest BCUT2D eigenvalue weighted by Gasteiger charge is -2.12. The zero-order valence-electron chi connectivity index (χ0n) is 11.8. The van der Waals surface area contributed by atoms with Crippen LogP contribution in [0.2, 0.25) is 0 Å². The Morgan fingerprint density at radius 2 is 2.05 bits per heavy atom. The predicted molar refractivity (Wildman–Crippen MR) is 82.2 cm³/mol. The zero-order chi connectivity index (χ0) is 15.3. The molecule has 7 heteroatoms. The van der Waals surface area contributed by atoms with Crippen LogP contribution >= 0.6 is 0 Å². The number of benzene rings is 1. The van der Waals surface area contributed by atoms with E-state index in [0.717, 1.165) is 0 Å². The van der Waals surface area contributed by atoms with Gasteiger partial charge in [-0.1, -0.05) is 6.07 Å². The first kappa shape index (κ1) is 15.1. The molecule has 0 aliphatic rings. The summed E-state index contributed by atoms with van der Waals surface area (Å²) >= 11 is 0. The summed E-state index contributed by atoms with van der Waals surface area (Å²) in [5.74, 6) is 0.906. The first-order valence-electron chi connectivity index (χ1n) is 6.45. The van der Waals surface area contributed by atoms with Gasteiger partial charge in [0.15, 0.2) is 0 Å². The summed E-state index contributed by atoms with van der Waals surface area (Å²) in [6.07, 6.45) is 1.53. The van der Waals surface area contributed by atoms with Crippen LogP contribution in [0.1, 0.15) is 6.92 Å². The molecule has 0 spiro atoms. The average molecular weight is 307 g/mol. The summed E-state index contributed by atoms with van der Waals surface area (Å²) < 4.78 is 32.7. The van der Waals surface area contributed by atoms with Crippen LogP contribution in [0.3, 0.4) is 0 Å². The van der Waals surface area contributed by atoms with Gasteiger partial charge in [0, 0.05) is 19.3 Å². The Kier molecular flexibility index (Phi) is 4.64. The highest BCUT2D eigenvalue weighted by Gasteiger charge is 2.19. The molecule has 2 N–H and O–H groups in total. The molecule has 0 bridgehead atoms. The molecule has 0 fully saturated rings. The van der Waals surface area contributed by atoms with Gasteiger partial charge in [0.25, 0.3) is 10.0 Å². The van der Waals surface area contributed by atoms with E-state index in [9.17, 15) is 8.42 Å². The Hall–Kier alpha value is -2.28. The van der Waals surface area contributed by atoms with Crippen molar-refractivity contribution >= 4 is 21.5 Å². The van der Waals surface area contributed by atoms with Gasteiger partial charge < -0.3 is 10.1 Å². The zero-order valence-corrected chi connectivity index (χ0v) is 12.6. The predicted octanol–water partition coefficient (Wildman–Crippen LogP) is 2.32. The summed E-state index contributed by atoms with van der Waals surface area (Å²) in [4.78, 5) is 4.09. The van der Waals surface area contributed by atoms with Crippen LogP contribution in [-0.2, 0) is 10.0 Å². The fourth-order valence-electron chi connectivity index (χ4n) is 1.82. The van der Waals surface area contributed by atoms with Gasteiger partial charge in [-0.05, 0) is 31.2 Å². The van der Waals surface area contributed by atoms with Crippen LogP contribution < -0.4 is 14.8 Å². The number of nitrogens with zero attached hydrogens (tertiary/aromatic N) is 1. The van der Waals surface area contributed by atoms with Crippen LogP contribution in [0, 0.1) is 0 Å². The lowest BCUT2D eigenvalue weighted by Crippen LogP contribution is -2.15. The Morgan fingerprint density at radius 1 is 1.24 bits per heavy atom. The van der Waals surface area contributed by atoms with Crippen molar-refractivity contribution in [1.29, 1.82) is 0 Å². The number of aromatic nitrogens is 1. The molecule has 0 amide bonds. The Labute approximate surface area is 124 Å². The van der Waals surface area contributed by atoms with Crippen molar-refractivity contribution in [2.24, 2.45) is 0 Å². The first-order valence-corrected chi connectivity index (χ1v) is 7.93. The van der Waals surface area contributed by atoms with E-state index in [2.05, 4.69) is 15.0 Å². The molecule has 0 aliphatic carbocycles. The first-order chi connectivity index (χ1) is 10.1. The molecule has 0 saturated carbocycles. The second-order valence-corrected chi connectivity index (χ2v) is 5.82. The Morgan fingerprint density at radius 3 is 2.76 bits per heavy atom. The molecule has 0 radical (unpaired) electrons. The number of sulfonamides is 1. The quantitative estimate of drug-likeness (QED) is 0.856. The van der Waals surface area contributed by atoms with Crippen molar-refractivity contribution in [1.82, 2.24) is 4.98 Å². The topological polar surface area (TPSA) is 80.3 Å². The number of hydrogen-bond acceptors (Lipinski definition) is 5. The third kappa shape index (κ3) is 3.63. The molecule has 21 heavy (non-hydrogen) atoms. The maximum Gasteiger partial charge on any atom is 0.265 e. The van der Waals surface area contributed by atoms with E-state index < -0.39 is 10.0 Å². The van der Waals surface area contributed by atoms with Crippen LogP contribution in [0.4, 0.5) is 11.5 Å². The lowest BCUT2D eigenvalue weighted by atomic mass is 10.3. The smallest absolute Gasteiger partial charge is 0.265 e. The second kappa shape index (κ2) is 6.45. The third-order valence-corrected chi connectivity index (χ3v) is 4.11. The lowest BCUT2D eigenvalue weighted by molar-refractivity contribution is 0.340. The van der Waals surface area contributed by atoms with Gasteiger partial charge in [-0.15, -0.1) is 0 Å². The van der Waals surface area contributed by atoms with Gasteiger partial charge in [-0.2, -0.15) is 0 Å². The van der Waals surface area contributed by atoms with Crippen LogP contribution in [0.15, 0.2) is 47.5 Å². The summed E-state index contributed by atoms with van der Waals surface area (Å²) in [5.41, 5.74) is 0.437. The van der Waals surface area contributed by atoms with Gasteiger partial charge in [0.2, 0.25) is 0 Å². The Balaban J connectivity index is 2.31. The molecular weight excluding hydrogens is 290 g/mol.